The van der Waals surface area contributed by atoms with E-state index in [1.165, 1.54) is 11.8 Å². The zero-order chi connectivity index (χ0) is 25.7. The number of nitrogens with one attached hydrogen (secondary N) is 1. The maximum absolute atomic E-state index is 13.8. The second-order valence-corrected chi connectivity index (χ2v) is 9.64. The van der Waals surface area contributed by atoms with Crippen LogP contribution >= 0.6 is 0 Å². The van der Waals surface area contributed by atoms with Gasteiger partial charge in [0.05, 0.1) is 39.0 Å². The van der Waals surface area contributed by atoms with E-state index in [9.17, 15) is 9.59 Å². The molecule has 3 heterocycles. The summed E-state index contributed by atoms with van der Waals surface area (Å²) in [6, 6.07) is 9.79. The molecule has 0 saturated carbocycles. The van der Waals surface area contributed by atoms with Gasteiger partial charge in [-0.2, -0.15) is 0 Å². The minimum absolute atomic E-state index is 0.197. The van der Waals surface area contributed by atoms with E-state index in [0.717, 1.165) is 40.0 Å². The van der Waals surface area contributed by atoms with Gasteiger partial charge in [0.2, 0.25) is 5.91 Å². The van der Waals surface area contributed by atoms with Crippen molar-refractivity contribution in [3.8, 4) is 17.2 Å². The molecule has 1 atom stereocenters. The molecule has 0 spiro atoms. The van der Waals surface area contributed by atoms with Gasteiger partial charge < -0.3 is 24.1 Å². The van der Waals surface area contributed by atoms with E-state index in [4.69, 9.17) is 14.2 Å². The van der Waals surface area contributed by atoms with Gasteiger partial charge >= 0.3 is 0 Å². The second kappa shape index (κ2) is 8.93. The maximum Gasteiger partial charge on any atom is 0.259 e. The van der Waals surface area contributed by atoms with Crippen molar-refractivity contribution in [2.75, 3.05) is 33.2 Å². The Morgan fingerprint density at radius 1 is 1.06 bits per heavy atom. The normalized spacial score (nSPS) is 16.8. The minimum atomic E-state index is -0.487. The average Bonchev–Trinajstić information content (AvgIpc) is 3.32. The van der Waals surface area contributed by atoms with Crippen molar-refractivity contribution >= 4 is 28.4 Å². The summed E-state index contributed by atoms with van der Waals surface area (Å²) in [4.78, 5) is 27.4. The third kappa shape index (κ3) is 3.59. The minimum Gasteiger partial charge on any atom is -0.496 e. The molecule has 36 heavy (non-hydrogen) atoms. The number of methoxy groups -OCH3 is 3. The number of hydrogen-bond donors (Lipinski definition) is 1. The largest absolute Gasteiger partial charge is 0.496 e. The molecule has 8 nitrogen and oxygen atoms in total. The molecule has 3 aromatic rings. The Hall–Kier alpha value is -3.94. The highest BCUT2D eigenvalue weighted by atomic mass is 16.5. The summed E-state index contributed by atoms with van der Waals surface area (Å²) < 4.78 is 19.2. The molecule has 0 unspecified atom stereocenters. The van der Waals surface area contributed by atoms with Gasteiger partial charge in [-0.15, -0.1) is 0 Å². The summed E-state index contributed by atoms with van der Waals surface area (Å²) in [6.45, 7) is 6.80. The fraction of sp³-hybridized carbons (Fsp3) is 0.357. The van der Waals surface area contributed by atoms with Gasteiger partial charge in [0, 0.05) is 54.0 Å². The number of nitrogens with zero attached hydrogens (tertiary/aromatic N) is 2. The number of amides is 2. The van der Waals surface area contributed by atoms with Crippen molar-refractivity contribution in [2.24, 2.45) is 5.92 Å². The number of hydrogen-bond acceptors (Lipinski definition) is 6. The Morgan fingerprint density at radius 3 is 2.39 bits per heavy atom. The topological polar surface area (TPSA) is 82.0 Å². The van der Waals surface area contributed by atoms with Gasteiger partial charge in [-0.1, -0.05) is 19.9 Å². The molecule has 0 aliphatic carbocycles. The van der Waals surface area contributed by atoms with Gasteiger partial charge in [-0.25, -0.2) is 0 Å². The van der Waals surface area contributed by atoms with Crippen LogP contribution in [0.4, 0.5) is 5.69 Å². The second-order valence-electron chi connectivity index (χ2n) is 9.64. The van der Waals surface area contributed by atoms with Crippen molar-refractivity contribution in [1.82, 2.24) is 9.47 Å². The molecule has 2 aliphatic heterocycles. The summed E-state index contributed by atoms with van der Waals surface area (Å²) in [5.41, 5.74) is 5.00. The SMILES string of the molecule is COc1cc(OC)c([C@@H]2C3=C(CN(C(C)=O)C3=O)Nc3cccc4c3c2cn4CC(C)C)cc1OC. The Morgan fingerprint density at radius 2 is 1.75 bits per heavy atom. The number of carbonyl (C=O) groups excluding carboxylic acids is 2. The van der Waals surface area contributed by atoms with Crippen LogP contribution in [0.3, 0.4) is 0 Å². The summed E-state index contributed by atoms with van der Waals surface area (Å²) >= 11 is 0. The first-order chi connectivity index (χ1) is 17.3. The Kier molecular flexibility index (Phi) is 5.90. The van der Waals surface area contributed by atoms with Gasteiger partial charge in [0.15, 0.2) is 11.5 Å². The lowest BCUT2D eigenvalue weighted by molar-refractivity contribution is -0.139. The fourth-order valence-corrected chi connectivity index (χ4v) is 5.42. The molecule has 1 aromatic heterocycles. The number of aromatic nitrogens is 1. The fourth-order valence-electron chi connectivity index (χ4n) is 5.42. The van der Waals surface area contributed by atoms with Crippen molar-refractivity contribution in [3.05, 3.63) is 58.9 Å². The molecule has 0 fully saturated rings. The first kappa shape index (κ1) is 23.8. The highest BCUT2D eigenvalue weighted by Gasteiger charge is 2.43. The van der Waals surface area contributed by atoms with Crippen LogP contribution in [0.2, 0.25) is 0 Å². The number of carbonyl (C=O) groups is 2. The Balaban J connectivity index is 1.84. The summed E-state index contributed by atoms with van der Waals surface area (Å²) in [5, 5.41) is 4.56. The first-order valence-corrected chi connectivity index (χ1v) is 12.0. The lowest BCUT2D eigenvalue weighted by atomic mass is 9.83. The summed E-state index contributed by atoms with van der Waals surface area (Å²) in [5.74, 6) is 0.991. The van der Waals surface area contributed by atoms with Crippen LogP contribution in [0.5, 0.6) is 17.2 Å². The lowest BCUT2D eigenvalue weighted by Crippen LogP contribution is -2.33. The van der Waals surface area contributed by atoms with Crippen LogP contribution in [0.1, 0.15) is 37.8 Å². The monoisotopic (exact) mass is 489 g/mol. The molecule has 188 valence electrons. The van der Waals surface area contributed by atoms with E-state index in [0.29, 0.717) is 28.7 Å². The van der Waals surface area contributed by atoms with Crippen molar-refractivity contribution in [1.29, 1.82) is 0 Å². The van der Waals surface area contributed by atoms with Crippen LogP contribution in [-0.2, 0) is 16.1 Å². The lowest BCUT2D eigenvalue weighted by Gasteiger charge is -2.23. The highest BCUT2D eigenvalue weighted by Crippen LogP contribution is 2.50. The Bertz CT molecular complexity index is 1420. The first-order valence-electron chi connectivity index (χ1n) is 12.0. The Labute approximate surface area is 210 Å². The molecule has 5 rings (SSSR count). The molecule has 0 bridgehead atoms. The van der Waals surface area contributed by atoms with Crippen LogP contribution < -0.4 is 19.5 Å². The number of anilines is 1. The number of rotatable bonds is 6. The van der Waals surface area contributed by atoms with Gasteiger partial charge in [-0.3, -0.25) is 14.5 Å². The van der Waals surface area contributed by atoms with E-state index >= 15 is 0 Å². The smallest absolute Gasteiger partial charge is 0.259 e. The van der Waals surface area contributed by atoms with Crippen LogP contribution in [0.15, 0.2) is 47.8 Å². The van der Waals surface area contributed by atoms with Gasteiger partial charge in [0.1, 0.15) is 5.75 Å². The molecule has 2 aromatic carbocycles. The number of imide groups is 1. The van der Waals surface area contributed by atoms with Crippen LogP contribution in [0, 0.1) is 5.92 Å². The van der Waals surface area contributed by atoms with E-state index < -0.39 is 5.92 Å². The molecule has 2 amide bonds. The highest BCUT2D eigenvalue weighted by molar-refractivity contribution is 6.11. The van der Waals surface area contributed by atoms with E-state index in [1.54, 1.807) is 27.4 Å². The quantitative estimate of drug-likeness (QED) is 0.548. The van der Waals surface area contributed by atoms with Gasteiger partial charge in [-0.05, 0) is 29.7 Å². The molecular formula is C28H31N3O5. The molecule has 0 radical (unpaired) electrons. The zero-order valence-electron chi connectivity index (χ0n) is 21.5. The van der Waals surface area contributed by atoms with Crippen molar-refractivity contribution in [3.63, 3.8) is 0 Å². The van der Waals surface area contributed by atoms with Crippen LogP contribution in [-0.4, -0.2) is 49.2 Å². The van der Waals surface area contributed by atoms with Crippen molar-refractivity contribution < 1.29 is 23.8 Å². The summed E-state index contributed by atoms with van der Waals surface area (Å²) in [6.07, 6.45) is 2.14. The predicted octanol–water partition coefficient (Wildman–Crippen LogP) is 4.52. The standard InChI is InChI=1S/C28H31N3O5/c1-15(2)12-30-13-18-25(17-10-23(35-5)24(36-6)11-22(17)34-4)27-20(14-31(16(3)32)28(27)33)29-19-8-7-9-21(30)26(18)19/h7-11,13,15,25,29H,12,14H2,1-6H3/t25-/m0/s1. The molecule has 0 saturated heterocycles. The van der Waals surface area contributed by atoms with Crippen molar-refractivity contribution in [2.45, 2.75) is 33.2 Å². The zero-order valence-corrected chi connectivity index (χ0v) is 21.5. The maximum atomic E-state index is 13.8. The van der Waals surface area contributed by atoms with E-state index in [-0.39, 0.29) is 18.4 Å². The third-order valence-electron chi connectivity index (χ3n) is 6.93. The molecule has 8 heteroatoms. The predicted molar refractivity (Wildman–Crippen MR) is 138 cm³/mol. The number of benzene rings is 2. The number of ether oxygens (including phenoxy) is 3. The molecule has 1 N–H and O–H groups in total. The molecular weight excluding hydrogens is 458 g/mol. The summed E-state index contributed by atoms with van der Waals surface area (Å²) in [7, 11) is 4.75. The molecule has 2 aliphatic rings. The van der Waals surface area contributed by atoms with Gasteiger partial charge in [0.25, 0.3) is 5.91 Å². The van der Waals surface area contributed by atoms with E-state index in [2.05, 4.69) is 36.0 Å². The van der Waals surface area contributed by atoms with E-state index in [1.807, 2.05) is 18.2 Å². The average molecular weight is 490 g/mol. The third-order valence-corrected chi connectivity index (χ3v) is 6.93. The van der Waals surface area contributed by atoms with Crippen LogP contribution in [0.25, 0.3) is 10.9 Å².